The summed E-state index contributed by atoms with van der Waals surface area (Å²) < 4.78 is 38.0. The quantitative estimate of drug-likeness (QED) is 0.688. The summed E-state index contributed by atoms with van der Waals surface area (Å²) in [5.41, 5.74) is 2.06. The highest BCUT2D eigenvalue weighted by molar-refractivity contribution is 5.81. The van der Waals surface area contributed by atoms with Crippen LogP contribution in [0.25, 0.3) is 17.0 Å². The maximum Gasteiger partial charge on any atom is 0.395 e. The third-order valence-electron chi connectivity index (χ3n) is 3.18. The van der Waals surface area contributed by atoms with E-state index in [-0.39, 0.29) is 6.42 Å². The number of nitrogens with zero attached hydrogens (tertiary/aromatic N) is 1. The van der Waals surface area contributed by atoms with Gasteiger partial charge in [-0.3, -0.25) is 4.98 Å². The number of alkyl halides is 3. The number of halogens is 3. The van der Waals surface area contributed by atoms with Gasteiger partial charge in [-0.25, -0.2) is 0 Å². The molecule has 0 saturated carbocycles. The van der Waals surface area contributed by atoms with Gasteiger partial charge in [-0.2, -0.15) is 13.2 Å². The summed E-state index contributed by atoms with van der Waals surface area (Å²) in [5, 5.41) is 0.950. The van der Waals surface area contributed by atoms with E-state index >= 15 is 0 Å². The number of aromatic nitrogens is 1. The van der Waals surface area contributed by atoms with Crippen LogP contribution in [0.15, 0.2) is 36.4 Å². The number of allylic oxidation sites excluding steroid dienone is 1. The number of rotatable bonds is 0. The molecule has 4 heteroatoms. The normalized spacial score (nSPS) is 18.9. The predicted octanol–water partition coefficient (Wildman–Crippen LogP) is 3.98. The van der Waals surface area contributed by atoms with Crippen molar-refractivity contribution in [3.63, 3.8) is 0 Å². The Morgan fingerprint density at radius 2 is 1.94 bits per heavy atom. The van der Waals surface area contributed by atoms with Gasteiger partial charge in [-0.1, -0.05) is 30.4 Å². The first-order valence-corrected chi connectivity index (χ1v) is 5.67. The molecule has 0 N–H and O–H groups in total. The third-order valence-corrected chi connectivity index (χ3v) is 3.18. The fraction of sp³-hybridized carbons (Fsp3) is 0.214. The van der Waals surface area contributed by atoms with E-state index in [1.54, 1.807) is 0 Å². The molecule has 2 aromatic rings. The Morgan fingerprint density at radius 1 is 1.17 bits per heavy atom. The average Bonchev–Trinajstić information content (AvgIpc) is 2.34. The van der Waals surface area contributed by atoms with E-state index in [4.69, 9.17) is 0 Å². The second-order valence-electron chi connectivity index (χ2n) is 4.43. The first-order valence-electron chi connectivity index (χ1n) is 5.67. The number of fused-ring (bicyclic) bond motifs is 2. The van der Waals surface area contributed by atoms with E-state index in [2.05, 4.69) is 4.98 Å². The van der Waals surface area contributed by atoms with Crippen LogP contribution in [0, 0.1) is 5.92 Å². The highest BCUT2D eigenvalue weighted by atomic mass is 19.4. The Labute approximate surface area is 102 Å². The summed E-state index contributed by atoms with van der Waals surface area (Å²) in [4.78, 5) is 4.33. The molecule has 1 aliphatic rings. The van der Waals surface area contributed by atoms with Crippen LogP contribution in [-0.4, -0.2) is 11.2 Å². The lowest BCUT2D eigenvalue weighted by atomic mass is 9.92. The summed E-state index contributed by atoms with van der Waals surface area (Å²) in [5.74, 6) is -1.42. The van der Waals surface area contributed by atoms with Gasteiger partial charge in [0.15, 0.2) is 0 Å². The molecule has 1 aromatic carbocycles. The molecule has 0 bridgehead atoms. The van der Waals surface area contributed by atoms with Crippen LogP contribution in [0.4, 0.5) is 13.2 Å². The highest BCUT2D eigenvalue weighted by Crippen LogP contribution is 2.34. The van der Waals surface area contributed by atoms with Crippen molar-refractivity contribution in [3.8, 4) is 0 Å². The molecule has 0 aliphatic heterocycles. The maximum absolute atomic E-state index is 12.7. The molecule has 0 spiro atoms. The molecule has 1 heterocycles. The monoisotopic (exact) mass is 249 g/mol. The molecular formula is C14H10F3N. The fourth-order valence-electron chi connectivity index (χ4n) is 2.20. The van der Waals surface area contributed by atoms with Gasteiger partial charge >= 0.3 is 6.18 Å². The highest BCUT2D eigenvalue weighted by Gasteiger charge is 2.39. The van der Waals surface area contributed by atoms with E-state index in [1.807, 2.05) is 30.3 Å². The molecule has 1 unspecified atom stereocenters. The van der Waals surface area contributed by atoms with E-state index in [1.165, 1.54) is 12.2 Å². The minimum absolute atomic E-state index is 0.0693. The largest absolute Gasteiger partial charge is 0.395 e. The van der Waals surface area contributed by atoms with Gasteiger partial charge in [0.2, 0.25) is 0 Å². The van der Waals surface area contributed by atoms with E-state index < -0.39 is 12.1 Å². The molecule has 0 amide bonds. The van der Waals surface area contributed by atoms with Gasteiger partial charge in [0.1, 0.15) is 0 Å². The molecule has 0 radical (unpaired) electrons. The molecule has 1 aliphatic carbocycles. The van der Waals surface area contributed by atoms with Gasteiger partial charge < -0.3 is 0 Å². The van der Waals surface area contributed by atoms with Crippen molar-refractivity contribution in [2.24, 2.45) is 5.92 Å². The lowest BCUT2D eigenvalue weighted by Gasteiger charge is -2.21. The third kappa shape index (κ3) is 1.88. The molecule has 1 aromatic heterocycles. The molecule has 92 valence electrons. The van der Waals surface area contributed by atoms with Crippen LogP contribution in [-0.2, 0) is 6.42 Å². The lowest BCUT2D eigenvalue weighted by molar-refractivity contribution is -0.160. The predicted molar refractivity (Wildman–Crippen MR) is 64.0 cm³/mol. The molecule has 1 atom stereocenters. The van der Waals surface area contributed by atoms with Crippen molar-refractivity contribution >= 4 is 17.0 Å². The molecule has 0 fully saturated rings. The van der Waals surface area contributed by atoms with E-state index in [9.17, 15) is 13.2 Å². The molecule has 0 saturated heterocycles. The summed E-state index contributed by atoms with van der Waals surface area (Å²) >= 11 is 0. The number of hydrogen-bond donors (Lipinski definition) is 0. The zero-order chi connectivity index (χ0) is 12.8. The molecular weight excluding hydrogens is 239 g/mol. The van der Waals surface area contributed by atoms with Gasteiger partial charge in [0, 0.05) is 17.5 Å². The summed E-state index contributed by atoms with van der Waals surface area (Å²) in [7, 11) is 0. The zero-order valence-electron chi connectivity index (χ0n) is 9.41. The Morgan fingerprint density at radius 3 is 2.72 bits per heavy atom. The van der Waals surface area contributed by atoms with Crippen molar-refractivity contribution in [2.75, 3.05) is 0 Å². The summed E-state index contributed by atoms with van der Waals surface area (Å²) in [6, 6.07) is 9.34. The minimum atomic E-state index is -4.19. The van der Waals surface area contributed by atoms with E-state index in [0.29, 0.717) is 5.69 Å². The smallest absolute Gasteiger partial charge is 0.252 e. The van der Waals surface area contributed by atoms with Crippen LogP contribution in [0.1, 0.15) is 11.3 Å². The summed E-state index contributed by atoms with van der Waals surface area (Å²) in [6.45, 7) is 0. The van der Waals surface area contributed by atoms with Crippen molar-refractivity contribution in [1.29, 1.82) is 0 Å². The fourth-order valence-corrected chi connectivity index (χ4v) is 2.20. The maximum atomic E-state index is 12.7. The van der Waals surface area contributed by atoms with Crippen LogP contribution in [0.5, 0.6) is 0 Å². The number of para-hydroxylation sites is 1. The van der Waals surface area contributed by atoms with Crippen molar-refractivity contribution in [2.45, 2.75) is 12.6 Å². The SMILES string of the molecule is FC(F)(F)C1C=Cc2cc3ccccc3nc2C1. The van der Waals surface area contributed by atoms with Crippen LogP contribution >= 0.6 is 0 Å². The zero-order valence-corrected chi connectivity index (χ0v) is 9.41. The second kappa shape index (κ2) is 3.83. The Balaban J connectivity index is 2.08. The van der Waals surface area contributed by atoms with Gasteiger partial charge in [0.25, 0.3) is 0 Å². The van der Waals surface area contributed by atoms with Gasteiger partial charge in [-0.15, -0.1) is 0 Å². The molecule has 1 nitrogen and oxygen atoms in total. The van der Waals surface area contributed by atoms with Crippen LogP contribution < -0.4 is 0 Å². The lowest BCUT2D eigenvalue weighted by Crippen LogP contribution is -2.25. The van der Waals surface area contributed by atoms with Crippen molar-refractivity contribution < 1.29 is 13.2 Å². The first-order chi connectivity index (χ1) is 8.54. The first kappa shape index (κ1) is 11.3. The number of pyridine rings is 1. The van der Waals surface area contributed by atoms with E-state index in [0.717, 1.165) is 16.5 Å². The van der Waals surface area contributed by atoms with Gasteiger partial charge in [-0.05, 0) is 17.7 Å². The molecule has 18 heavy (non-hydrogen) atoms. The van der Waals surface area contributed by atoms with Crippen molar-refractivity contribution in [3.05, 3.63) is 47.7 Å². The average molecular weight is 249 g/mol. The standard InChI is InChI=1S/C14H10F3N/c15-14(16,17)11-6-5-10-7-9-3-1-2-4-12(9)18-13(10)8-11/h1-7,11H,8H2. The summed E-state index contributed by atoms with van der Waals surface area (Å²) in [6.07, 6.45) is -1.52. The molecule has 3 rings (SSSR count). The Bertz CT molecular complexity index is 628. The Kier molecular flexibility index (Phi) is 2.40. The second-order valence-corrected chi connectivity index (χ2v) is 4.43. The van der Waals surface area contributed by atoms with Crippen molar-refractivity contribution in [1.82, 2.24) is 4.98 Å². The number of benzene rings is 1. The van der Waals surface area contributed by atoms with Crippen LogP contribution in [0.2, 0.25) is 0 Å². The number of hydrogen-bond acceptors (Lipinski definition) is 1. The topological polar surface area (TPSA) is 12.9 Å². The van der Waals surface area contributed by atoms with Gasteiger partial charge in [0.05, 0.1) is 11.4 Å². The van der Waals surface area contributed by atoms with Crippen LogP contribution in [0.3, 0.4) is 0 Å². The Hall–Kier alpha value is -1.84. The minimum Gasteiger partial charge on any atom is -0.252 e.